The number of carbonyl (C=O) groups is 2. The minimum absolute atomic E-state index is 0.0293. The van der Waals surface area contributed by atoms with Crippen molar-refractivity contribution in [3.05, 3.63) is 30.3 Å². The molecule has 1 aromatic rings. The number of nitrogens with one attached hydrogen (secondary N) is 2. The number of para-hydroxylation sites is 1. The Morgan fingerprint density at radius 1 is 1.26 bits per heavy atom. The summed E-state index contributed by atoms with van der Waals surface area (Å²) in [7, 11) is 0. The van der Waals surface area contributed by atoms with Gasteiger partial charge in [-0.2, -0.15) is 0 Å². The molecule has 0 spiro atoms. The van der Waals surface area contributed by atoms with Gasteiger partial charge in [-0.3, -0.25) is 9.59 Å². The number of carbonyl (C=O) groups excluding carboxylic acids is 2. The van der Waals surface area contributed by atoms with E-state index in [1.807, 2.05) is 30.3 Å². The first-order chi connectivity index (χ1) is 11.2. The Morgan fingerprint density at radius 2 is 2.04 bits per heavy atom. The molecule has 124 valence electrons. The van der Waals surface area contributed by atoms with Gasteiger partial charge in [-0.15, -0.1) is 0 Å². The van der Waals surface area contributed by atoms with E-state index in [-0.39, 0.29) is 18.2 Å². The zero-order chi connectivity index (χ0) is 16.1. The summed E-state index contributed by atoms with van der Waals surface area (Å²) in [6.07, 6.45) is 2.37. The van der Waals surface area contributed by atoms with E-state index in [1.54, 1.807) is 4.90 Å². The lowest BCUT2D eigenvalue weighted by Gasteiger charge is -2.35. The van der Waals surface area contributed by atoms with Crippen molar-refractivity contribution in [3.63, 3.8) is 0 Å². The first-order valence-electron chi connectivity index (χ1n) is 8.22. The molecule has 1 aliphatic carbocycles. The standard InChI is InChI=1S/C17H23N3O3/c21-16(8-11-23-14-4-2-1-3-5-14)20-10-9-18-12-15(20)17(22)19-13-6-7-13/h1-5,13,15,18H,6-12H2,(H,19,22)/t15-/m0/s1. The SMILES string of the molecule is O=C(NC1CC1)[C@@H]1CNCCN1C(=O)CCOc1ccccc1. The lowest BCUT2D eigenvalue weighted by atomic mass is 10.1. The van der Waals surface area contributed by atoms with Gasteiger partial charge in [-0.05, 0) is 25.0 Å². The van der Waals surface area contributed by atoms with Crippen LogP contribution in [0.15, 0.2) is 30.3 Å². The Balaban J connectivity index is 1.50. The van der Waals surface area contributed by atoms with Gasteiger partial charge in [-0.25, -0.2) is 0 Å². The van der Waals surface area contributed by atoms with Gasteiger partial charge in [0.15, 0.2) is 0 Å². The minimum atomic E-state index is -0.409. The van der Waals surface area contributed by atoms with Gasteiger partial charge in [0.05, 0.1) is 13.0 Å². The number of amides is 2. The van der Waals surface area contributed by atoms with Crippen molar-refractivity contribution < 1.29 is 14.3 Å². The third-order valence-electron chi connectivity index (χ3n) is 4.12. The molecule has 0 aromatic heterocycles. The number of rotatable bonds is 6. The van der Waals surface area contributed by atoms with E-state index < -0.39 is 6.04 Å². The number of benzene rings is 1. The predicted molar refractivity (Wildman–Crippen MR) is 86.1 cm³/mol. The van der Waals surface area contributed by atoms with E-state index in [0.717, 1.165) is 25.1 Å². The highest BCUT2D eigenvalue weighted by molar-refractivity contribution is 5.88. The summed E-state index contributed by atoms with van der Waals surface area (Å²) in [4.78, 5) is 26.4. The third-order valence-corrected chi connectivity index (χ3v) is 4.12. The third kappa shape index (κ3) is 4.45. The second-order valence-corrected chi connectivity index (χ2v) is 6.00. The zero-order valence-electron chi connectivity index (χ0n) is 13.2. The van der Waals surface area contributed by atoms with Crippen molar-refractivity contribution in [1.29, 1.82) is 0 Å². The number of hydrogen-bond acceptors (Lipinski definition) is 4. The second-order valence-electron chi connectivity index (χ2n) is 6.00. The van der Waals surface area contributed by atoms with Crippen molar-refractivity contribution in [2.24, 2.45) is 0 Å². The van der Waals surface area contributed by atoms with E-state index in [1.165, 1.54) is 0 Å². The Kier molecular flexibility index (Phi) is 5.12. The van der Waals surface area contributed by atoms with Crippen molar-refractivity contribution in [2.75, 3.05) is 26.2 Å². The van der Waals surface area contributed by atoms with Crippen molar-refractivity contribution in [2.45, 2.75) is 31.3 Å². The maximum atomic E-state index is 12.4. The summed E-state index contributed by atoms with van der Waals surface area (Å²) in [5.74, 6) is 0.680. The fourth-order valence-corrected chi connectivity index (χ4v) is 2.68. The van der Waals surface area contributed by atoms with Gasteiger partial charge in [0.2, 0.25) is 11.8 Å². The molecule has 0 unspecified atom stereocenters. The van der Waals surface area contributed by atoms with Crippen LogP contribution < -0.4 is 15.4 Å². The summed E-state index contributed by atoms with van der Waals surface area (Å²) in [5, 5.41) is 6.18. The van der Waals surface area contributed by atoms with Gasteiger partial charge in [0.25, 0.3) is 0 Å². The average molecular weight is 317 g/mol. The fraction of sp³-hybridized carbons (Fsp3) is 0.529. The van der Waals surface area contributed by atoms with E-state index in [2.05, 4.69) is 10.6 Å². The van der Waals surface area contributed by atoms with Gasteiger partial charge in [0, 0.05) is 25.7 Å². The molecule has 23 heavy (non-hydrogen) atoms. The summed E-state index contributed by atoms with van der Waals surface area (Å²) >= 11 is 0. The molecule has 1 aromatic carbocycles. The number of piperazine rings is 1. The molecule has 1 saturated carbocycles. The maximum absolute atomic E-state index is 12.4. The Bertz CT molecular complexity index is 545. The summed E-state index contributed by atoms with van der Waals surface area (Å²) in [5.41, 5.74) is 0. The quantitative estimate of drug-likeness (QED) is 0.803. The van der Waals surface area contributed by atoms with Crippen LogP contribution >= 0.6 is 0 Å². The van der Waals surface area contributed by atoms with Crippen LogP contribution in [0.25, 0.3) is 0 Å². The number of ether oxygens (including phenoxy) is 1. The van der Waals surface area contributed by atoms with Gasteiger partial charge < -0.3 is 20.3 Å². The van der Waals surface area contributed by atoms with Gasteiger partial charge in [0.1, 0.15) is 11.8 Å². The monoisotopic (exact) mass is 317 g/mol. The van der Waals surface area contributed by atoms with Crippen LogP contribution in [-0.4, -0.2) is 55.0 Å². The normalized spacial score (nSPS) is 20.9. The fourth-order valence-electron chi connectivity index (χ4n) is 2.68. The maximum Gasteiger partial charge on any atom is 0.244 e. The van der Waals surface area contributed by atoms with Crippen LogP contribution in [0.2, 0.25) is 0 Å². The average Bonchev–Trinajstić information content (AvgIpc) is 3.39. The van der Waals surface area contributed by atoms with Crippen LogP contribution in [0.5, 0.6) is 5.75 Å². The predicted octanol–water partition coefficient (Wildman–Crippen LogP) is 0.535. The number of hydrogen-bond donors (Lipinski definition) is 2. The van der Waals surface area contributed by atoms with Crippen molar-refractivity contribution in [3.8, 4) is 5.75 Å². The first kappa shape index (κ1) is 15.8. The molecule has 3 rings (SSSR count). The molecule has 2 fully saturated rings. The lowest BCUT2D eigenvalue weighted by molar-refractivity contribution is -0.142. The Labute approximate surface area is 136 Å². The zero-order valence-corrected chi connectivity index (χ0v) is 13.2. The van der Waals surface area contributed by atoms with Crippen LogP contribution in [0.4, 0.5) is 0 Å². The van der Waals surface area contributed by atoms with E-state index in [0.29, 0.717) is 25.7 Å². The van der Waals surface area contributed by atoms with E-state index >= 15 is 0 Å². The van der Waals surface area contributed by atoms with Crippen LogP contribution in [0.3, 0.4) is 0 Å². The van der Waals surface area contributed by atoms with Crippen LogP contribution in [0, 0.1) is 0 Å². The van der Waals surface area contributed by atoms with Crippen LogP contribution in [0.1, 0.15) is 19.3 Å². The number of nitrogens with zero attached hydrogens (tertiary/aromatic N) is 1. The molecule has 1 heterocycles. The molecular weight excluding hydrogens is 294 g/mol. The lowest BCUT2D eigenvalue weighted by Crippen LogP contribution is -2.60. The molecule has 1 aliphatic heterocycles. The highest BCUT2D eigenvalue weighted by Gasteiger charge is 2.34. The molecule has 6 heteroatoms. The molecule has 2 aliphatic rings. The molecule has 1 atom stereocenters. The molecule has 2 amide bonds. The first-order valence-corrected chi connectivity index (χ1v) is 8.22. The second kappa shape index (κ2) is 7.46. The molecule has 0 bridgehead atoms. The largest absolute Gasteiger partial charge is 0.493 e. The Morgan fingerprint density at radius 3 is 2.78 bits per heavy atom. The summed E-state index contributed by atoms with van der Waals surface area (Å²) in [6.45, 7) is 2.12. The van der Waals surface area contributed by atoms with E-state index in [9.17, 15) is 9.59 Å². The van der Waals surface area contributed by atoms with Crippen molar-refractivity contribution in [1.82, 2.24) is 15.5 Å². The smallest absolute Gasteiger partial charge is 0.244 e. The van der Waals surface area contributed by atoms with Crippen LogP contribution in [-0.2, 0) is 9.59 Å². The molecular formula is C17H23N3O3. The molecule has 1 saturated heterocycles. The molecule has 0 radical (unpaired) electrons. The topological polar surface area (TPSA) is 70.7 Å². The van der Waals surface area contributed by atoms with E-state index in [4.69, 9.17) is 4.74 Å². The molecule has 2 N–H and O–H groups in total. The highest BCUT2D eigenvalue weighted by Crippen LogP contribution is 2.19. The highest BCUT2D eigenvalue weighted by atomic mass is 16.5. The summed E-state index contributed by atoms with van der Waals surface area (Å²) < 4.78 is 5.57. The van der Waals surface area contributed by atoms with Crippen molar-refractivity contribution >= 4 is 11.8 Å². The van der Waals surface area contributed by atoms with Gasteiger partial charge >= 0.3 is 0 Å². The Hall–Kier alpha value is -2.08. The molecule has 6 nitrogen and oxygen atoms in total. The minimum Gasteiger partial charge on any atom is -0.493 e. The van der Waals surface area contributed by atoms with Gasteiger partial charge in [-0.1, -0.05) is 18.2 Å². The summed E-state index contributed by atoms with van der Waals surface area (Å²) in [6, 6.07) is 9.33.